The van der Waals surface area contributed by atoms with Crippen LogP contribution < -0.4 is 9.62 Å². The number of fused-ring (bicyclic) bond motifs is 1. The van der Waals surface area contributed by atoms with Gasteiger partial charge in [-0.1, -0.05) is 6.07 Å². The highest BCUT2D eigenvalue weighted by Gasteiger charge is 2.32. The lowest BCUT2D eigenvalue weighted by molar-refractivity contribution is 0.0996. The molecule has 0 radical (unpaired) electrons. The second-order valence-corrected chi connectivity index (χ2v) is 9.14. The van der Waals surface area contributed by atoms with Crippen molar-refractivity contribution in [2.75, 3.05) is 15.9 Å². The van der Waals surface area contributed by atoms with E-state index < -0.39 is 10.0 Å². The van der Waals surface area contributed by atoms with Crippen LogP contribution in [0.3, 0.4) is 0 Å². The molecule has 7 nitrogen and oxygen atoms in total. The largest absolute Gasteiger partial charge is 0.459 e. The Morgan fingerprint density at radius 2 is 2.19 bits per heavy atom. The van der Waals surface area contributed by atoms with Crippen molar-refractivity contribution < 1.29 is 17.6 Å². The zero-order valence-corrected chi connectivity index (χ0v) is 16.3. The van der Waals surface area contributed by atoms with E-state index in [9.17, 15) is 13.2 Å². The second-order valence-electron chi connectivity index (χ2n) is 6.42. The van der Waals surface area contributed by atoms with Gasteiger partial charge < -0.3 is 4.42 Å². The maximum atomic E-state index is 12.0. The van der Waals surface area contributed by atoms with E-state index in [-0.39, 0.29) is 17.7 Å². The molecular weight excluding hydrogens is 386 g/mol. The zero-order valence-electron chi connectivity index (χ0n) is 14.7. The normalized spacial score (nSPS) is 16.4. The Bertz CT molecular complexity index is 1100. The van der Waals surface area contributed by atoms with Crippen LogP contribution in [0.4, 0.5) is 10.8 Å². The first-order chi connectivity index (χ1) is 12.8. The van der Waals surface area contributed by atoms with Crippen molar-refractivity contribution in [2.45, 2.75) is 19.4 Å². The molecule has 0 spiro atoms. The van der Waals surface area contributed by atoms with E-state index in [2.05, 4.69) is 10.3 Å². The molecule has 0 fully saturated rings. The highest BCUT2D eigenvalue weighted by Crippen LogP contribution is 2.37. The molecule has 0 bridgehead atoms. The molecule has 1 N–H and O–H groups in total. The number of nitrogens with zero attached hydrogens (tertiary/aromatic N) is 2. The van der Waals surface area contributed by atoms with Crippen LogP contribution in [-0.4, -0.2) is 31.6 Å². The van der Waals surface area contributed by atoms with Crippen LogP contribution in [0.25, 0.3) is 11.3 Å². The third-order valence-corrected chi connectivity index (χ3v) is 6.38. The average Bonchev–Trinajstić information content (AvgIpc) is 3.32. The molecule has 1 unspecified atom stereocenters. The van der Waals surface area contributed by atoms with E-state index in [0.717, 1.165) is 22.5 Å². The van der Waals surface area contributed by atoms with Crippen molar-refractivity contribution >= 4 is 38.1 Å². The van der Waals surface area contributed by atoms with Gasteiger partial charge in [0, 0.05) is 17.0 Å². The summed E-state index contributed by atoms with van der Waals surface area (Å²) in [5, 5.41) is 5.03. The summed E-state index contributed by atoms with van der Waals surface area (Å²) in [6, 6.07) is 8.75. The van der Waals surface area contributed by atoms with Crippen molar-refractivity contribution in [3.63, 3.8) is 0 Å². The minimum Gasteiger partial charge on any atom is -0.459 e. The molecule has 3 heterocycles. The molecule has 4 rings (SSSR count). The summed E-state index contributed by atoms with van der Waals surface area (Å²) >= 11 is 1.32. The van der Waals surface area contributed by atoms with Gasteiger partial charge >= 0.3 is 0 Å². The highest BCUT2D eigenvalue weighted by molar-refractivity contribution is 7.92. The summed E-state index contributed by atoms with van der Waals surface area (Å²) in [5.41, 5.74) is 3.30. The predicted molar refractivity (Wildman–Crippen MR) is 105 cm³/mol. The van der Waals surface area contributed by atoms with Crippen LogP contribution in [0, 0.1) is 0 Å². The predicted octanol–water partition coefficient (Wildman–Crippen LogP) is 3.37. The van der Waals surface area contributed by atoms with Gasteiger partial charge in [-0.2, -0.15) is 0 Å². The van der Waals surface area contributed by atoms with Gasteiger partial charge in [-0.05, 0) is 43.2 Å². The molecular formula is C18H17N3O4S2. The standard InChI is InChI=1S/C18H17N3O4S2/c1-11-8-13-9-12(5-6-15(13)21(11)27(2,23)24)14-10-26-18(19-14)20-17(22)16-4-3-7-25-16/h3-7,9-11H,8H2,1-2H3,(H,19,20,22). The molecule has 1 aliphatic rings. The van der Waals surface area contributed by atoms with Crippen molar-refractivity contribution in [2.24, 2.45) is 0 Å². The summed E-state index contributed by atoms with van der Waals surface area (Å²) in [4.78, 5) is 16.5. The maximum Gasteiger partial charge on any atom is 0.293 e. The molecule has 0 saturated heterocycles. The lowest BCUT2D eigenvalue weighted by Gasteiger charge is -2.21. The third kappa shape index (κ3) is 3.35. The van der Waals surface area contributed by atoms with E-state index in [1.807, 2.05) is 30.5 Å². The Balaban J connectivity index is 1.58. The molecule has 1 aromatic carbocycles. The van der Waals surface area contributed by atoms with Crippen LogP contribution in [0.1, 0.15) is 23.0 Å². The second kappa shape index (κ2) is 6.50. The number of furan rings is 1. The fraction of sp³-hybridized carbons (Fsp3) is 0.222. The minimum atomic E-state index is -3.31. The Hall–Kier alpha value is -2.65. The quantitative estimate of drug-likeness (QED) is 0.721. The van der Waals surface area contributed by atoms with Crippen LogP contribution in [-0.2, 0) is 16.4 Å². The van der Waals surface area contributed by atoms with Crippen molar-refractivity contribution in [3.8, 4) is 11.3 Å². The van der Waals surface area contributed by atoms with E-state index >= 15 is 0 Å². The van der Waals surface area contributed by atoms with Crippen LogP contribution in [0.5, 0.6) is 0 Å². The summed E-state index contributed by atoms with van der Waals surface area (Å²) < 4.78 is 30.6. The SMILES string of the molecule is CC1Cc2cc(-c3csc(NC(=O)c4ccco4)n3)ccc2N1S(C)(=O)=O. The Morgan fingerprint density at radius 3 is 2.89 bits per heavy atom. The van der Waals surface area contributed by atoms with Crippen LogP contribution in [0.2, 0.25) is 0 Å². The molecule has 0 saturated carbocycles. The fourth-order valence-electron chi connectivity index (χ4n) is 3.30. The first-order valence-corrected chi connectivity index (χ1v) is 11.0. The van der Waals surface area contributed by atoms with E-state index in [0.29, 0.717) is 11.6 Å². The van der Waals surface area contributed by atoms with Crippen molar-refractivity contribution in [1.29, 1.82) is 0 Å². The summed E-state index contributed by atoms with van der Waals surface area (Å²) in [7, 11) is -3.31. The number of hydrogen-bond acceptors (Lipinski definition) is 6. The topological polar surface area (TPSA) is 92.5 Å². The molecule has 140 valence electrons. The van der Waals surface area contributed by atoms with E-state index in [1.165, 1.54) is 28.2 Å². The van der Waals surface area contributed by atoms with Gasteiger partial charge in [0.2, 0.25) is 10.0 Å². The van der Waals surface area contributed by atoms with Crippen LogP contribution >= 0.6 is 11.3 Å². The van der Waals surface area contributed by atoms with Gasteiger partial charge in [-0.15, -0.1) is 11.3 Å². The first-order valence-electron chi connectivity index (χ1n) is 8.26. The Kier molecular flexibility index (Phi) is 4.27. The van der Waals surface area contributed by atoms with Gasteiger partial charge in [-0.3, -0.25) is 14.4 Å². The minimum absolute atomic E-state index is 0.108. The zero-order chi connectivity index (χ0) is 19.2. The number of benzene rings is 1. The number of carbonyl (C=O) groups is 1. The molecule has 9 heteroatoms. The summed E-state index contributed by atoms with van der Waals surface area (Å²) in [6.07, 6.45) is 3.32. The van der Waals surface area contributed by atoms with Gasteiger partial charge in [-0.25, -0.2) is 13.4 Å². The van der Waals surface area contributed by atoms with Gasteiger partial charge in [0.25, 0.3) is 5.91 Å². The van der Waals surface area contributed by atoms with Crippen molar-refractivity contribution in [3.05, 3.63) is 53.3 Å². The monoisotopic (exact) mass is 403 g/mol. The van der Waals surface area contributed by atoms with Gasteiger partial charge in [0.1, 0.15) is 0 Å². The number of anilines is 2. The van der Waals surface area contributed by atoms with E-state index in [1.54, 1.807) is 12.1 Å². The molecule has 1 amide bonds. The number of nitrogens with one attached hydrogen (secondary N) is 1. The number of rotatable bonds is 4. The van der Waals surface area contributed by atoms with Crippen molar-refractivity contribution in [1.82, 2.24) is 4.98 Å². The highest BCUT2D eigenvalue weighted by atomic mass is 32.2. The van der Waals surface area contributed by atoms with Gasteiger partial charge in [0.15, 0.2) is 10.9 Å². The number of carbonyl (C=O) groups excluding carboxylic acids is 1. The number of amides is 1. The summed E-state index contributed by atoms with van der Waals surface area (Å²) in [5.74, 6) is -0.133. The average molecular weight is 403 g/mol. The molecule has 1 aliphatic heterocycles. The smallest absolute Gasteiger partial charge is 0.293 e. The lowest BCUT2D eigenvalue weighted by Crippen LogP contribution is -2.34. The van der Waals surface area contributed by atoms with Crippen LogP contribution in [0.15, 0.2) is 46.4 Å². The van der Waals surface area contributed by atoms with E-state index in [4.69, 9.17) is 4.42 Å². The number of thiazole rings is 1. The molecule has 0 aliphatic carbocycles. The number of sulfonamides is 1. The Morgan fingerprint density at radius 1 is 1.37 bits per heavy atom. The lowest BCUT2D eigenvalue weighted by atomic mass is 10.1. The molecule has 3 aromatic rings. The number of hydrogen-bond donors (Lipinski definition) is 1. The molecule has 1 atom stereocenters. The molecule has 27 heavy (non-hydrogen) atoms. The number of aromatic nitrogens is 1. The van der Waals surface area contributed by atoms with Gasteiger partial charge in [0.05, 0.1) is 23.9 Å². The fourth-order valence-corrected chi connectivity index (χ4v) is 5.28. The third-order valence-electron chi connectivity index (χ3n) is 4.36. The first kappa shape index (κ1) is 17.7. The maximum absolute atomic E-state index is 12.0. The Labute approximate surface area is 160 Å². The summed E-state index contributed by atoms with van der Waals surface area (Å²) in [6.45, 7) is 1.89. The molecule has 2 aromatic heterocycles.